The Morgan fingerprint density at radius 3 is 2.77 bits per heavy atom. The molecule has 2 aromatic rings. The third-order valence-corrected chi connectivity index (χ3v) is 6.20. The first-order valence-electron chi connectivity index (χ1n) is 10.0. The maximum Gasteiger partial charge on any atom is 0.274 e. The summed E-state index contributed by atoms with van der Waals surface area (Å²) in [5.74, 6) is -1.32. The van der Waals surface area contributed by atoms with Gasteiger partial charge in [-0.05, 0) is 24.3 Å². The van der Waals surface area contributed by atoms with Gasteiger partial charge in [0.25, 0.3) is 11.8 Å². The van der Waals surface area contributed by atoms with Crippen LogP contribution in [0.5, 0.6) is 0 Å². The highest BCUT2D eigenvalue weighted by atomic mass is 32.1. The van der Waals surface area contributed by atoms with Crippen molar-refractivity contribution in [3.8, 4) is 0 Å². The van der Waals surface area contributed by atoms with Crippen molar-refractivity contribution in [1.82, 2.24) is 30.4 Å². The van der Waals surface area contributed by atoms with Crippen molar-refractivity contribution in [1.29, 1.82) is 0 Å². The van der Waals surface area contributed by atoms with Crippen LogP contribution >= 0.6 is 11.3 Å². The number of hydrogen-bond acceptors (Lipinski definition) is 7. The van der Waals surface area contributed by atoms with E-state index in [0.717, 1.165) is 6.42 Å². The molecule has 2 saturated heterocycles. The fourth-order valence-corrected chi connectivity index (χ4v) is 4.40. The van der Waals surface area contributed by atoms with Crippen LogP contribution in [0.2, 0.25) is 0 Å². The van der Waals surface area contributed by atoms with Gasteiger partial charge in [0.2, 0.25) is 11.8 Å². The summed E-state index contributed by atoms with van der Waals surface area (Å²) in [5.41, 5.74) is 0.173. The number of rotatable bonds is 4. The van der Waals surface area contributed by atoms with Crippen LogP contribution in [0.25, 0.3) is 0 Å². The van der Waals surface area contributed by atoms with Crippen molar-refractivity contribution in [2.75, 3.05) is 26.2 Å². The molecule has 0 spiro atoms. The molecule has 0 bridgehead atoms. The number of carbonyl (C=O) groups excluding carboxylic acids is 4. The fraction of sp³-hybridized carbons (Fsp3) is 0.400. The number of nitrogens with zero attached hydrogens (tertiary/aromatic N) is 4. The number of nitrogens with one attached hydrogen (secondary N) is 2. The summed E-state index contributed by atoms with van der Waals surface area (Å²) in [4.78, 5) is 62.6. The molecule has 2 aliphatic rings. The molecule has 4 heterocycles. The molecule has 2 fully saturated rings. The smallest absolute Gasteiger partial charge is 0.274 e. The van der Waals surface area contributed by atoms with Crippen molar-refractivity contribution < 1.29 is 19.2 Å². The van der Waals surface area contributed by atoms with E-state index >= 15 is 0 Å². The average molecular weight is 443 g/mol. The quantitative estimate of drug-likeness (QED) is 0.681. The largest absolute Gasteiger partial charge is 0.354 e. The van der Waals surface area contributed by atoms with Crippen LogP contribution in [0.4, 0.5) is 0 Å². The number of carbonyl (C=O) groups is 4. The zero-order chi connectivity index (χ0) is 21.8. The van der Waals surface area contributed by atoms with Gasteiger partial charge in [-0.25, -0.2) is 4.98 Å². The van der Waals surface area contributed by atoms with E-state index in [1.807, 2.05) is 0 Å². The van der Waals surface area contributed by atoms with Crippen molar-refractivity contribution in [2.45, 2.75) is 24.9 Å². The average Bonchev–Trinajstić information content (AvgIpc) is 3.35. The molecule has 4 rings (SSSR count). The first kappa shape index (κ1) is 20.9. The van der Waals surface area contributed by atoms with Crippen LogP contribution in [0.1, 0.15) is 33.0 Å². The highest BCUT2D eigenvalue weighted by Crippen LogP contribution is 2.19. The van der Waals surface area contributed by atoms with Gasteiger partial charge in [0.15, 0.2) is 0 Å². The standard InChI is InChI=1S/C20H22N6O4S/c27-17-13(3-1-5-23-17)24-18(28)15-12-25(19(29)14-11-21-6-7-22-14)8-9-26(15)20(30)16-4-2-10-31-16/h2,4,6-7,10-11,13,15H,1,3,5,8-9,12H2,(H,23,27)(H,24,28). The van der Waals surface area contributed by atoms with E-state index < -0.39 is 18.0 Å². The van der Waals surface area contributed by atoms with Gasteiger partial charge in [0.1, 0.15) is 17.8 Å². The Balaban J connectivity index is 1.54. The van der Waals surface area contributed by atoms with Gasteiger partial charge in [-0.1, -0.05) is 6.07 Å². The Hall–Kier alpha value is -3.34. The molecule has 2 aromatic heterocycles. The summed E-state index contributed by atoms with van der Waals surface area (Å²) < 4.78 is 0. The minimum absolute atomic E-state index is 0.00664. The van der Waals surface area contributed by atoms with Crippen LogP contribution < -0.4 is 10.6 Å². The first-order chi connectivity index (χ1) is 15.0. The van der Waals surface area contributed by atoms with Crippen LogP contribution in [-0.4, -0.2) is 81.7 Å². The van der Waals surface area contributed by atoms with Gasteiger partial charge in [-0.15, -0.1) is 11.3 Å². The van der Waals surface area contributed by atoms with Crippen molar-refractivity contribution >= 4 is 35.0 Å². The number of amides is 4. The summed E-state index contributed by atoms with van der Waals surface area (Å²) in [6.07, 6.45) is 5.56. The van der Waals surface area contributed by atoms with E-state index in [1.54, 1.807) is 17.5 Å². The van der Waals surface area contributed by atoms with Crippen molar-refractivity contribution in [2.24, 2.45) is 0 Å². The maximum absolute atomic E-state index is 13.2. The Kier molecular flexibility index (Phi) is 6.21. The van der Waals surface area contributed by atoms with E-state index in [0.29, 0.717) is 17.8 Å². The summed E-state index contributed by atoms with van der Waals surface area (Å²) in [6.45, 7) is 1.04. The molecule has 11 heteroatoms. The van der Waals surface area contributed by atoms with Crippen molar-refractivity contribution in [3.63, 3.8) is 0 Å². The van der Waals surface area contributed by atoms with E-state index in [2.05, 4.69) is 20.6 Å². The third kappa shape index (κ3) is 4.55. The molecule has 31 heavy (non-hydrogen) atoms. The van der Waals surface area contributed by atoms with Gasteiger partial charge < -0.3 is 20.4 Å². The van der Waals surface area contributed by atoms with Gasteiger partial charge in [-0.2, -0.15) is 0 Å². The second-order valence-corrected chi connectivity index (χ2v) is 8.28. The number of aromatic nitrogens is 2. The molecular weight excluding hydrogens is 420 g/mol. The summed E-state index contributed by atoms with van der Waals surface area (Å²) in [5, 5.41) is 7.29. The predicted octanol–water partition coefficient (Wildman–Crippen LogP) is -0.100. The van der Waals surface area contributed by atoms with Crippen LogP contribution in [0, 0.1) is 0 Å². The SMILES string of the molecule is O=C1NCCCC1NC(=O)C1CN(C(=O)c2cnccn2)CCN1C(=O)c1cccs1. The highest BCUT2D eigenvalue weighted by Gasteiger charge is 2.39. The Labute approximate surface area is 182 Å². The molecule has 0 aliphatic carbocycles. The number of hydrogen-bond donors (Lipinski definition) is 2. The second-order valence-electron chi connectivity index (χ2n) is 7.33. The second kappa shape index (κ2) is 9.21. The van der Waals surface area contributed by atoms with E-state index in [1.165, 1.54) is 39.7 Å². The summed E-state index contributed by atoms with van der Waals surface area (Å²) in [6, 6.07) is 1.91. The Morgan fingerprint density at radius 2 is 2.06 bits per heavy atom. The highest BCUT2D eigenvalue weighted by molar-refractivity contribution is 7.12. The van der Waals surface area contributed by atoms with Gasteiger partial charge in [0, 0.05) is 32.0 Å². The molecule has 2 atom stereocenters. The normalized spacial score (nSPS) is 21.4. The molecule has 162 valence electrons. The molecule has 0 aromatic carbocycles. The fourth-order valence-electron chi connectivity index (χ4n) is 3.73. The lowest BCUT2D eigenvalue weighted by Gasteiger charge is -2.40. The Morgan fingerprint density at radius 1 is 1.19 bits per heavy atom. The Bertz CT molecular complexity index is 967. The van der Waals surface area contributed by atoms with Crippen molar-refractivity contribution in [3.05, 3.63) is 46.7 Å². The number of thiophene rings is 1. The molecular formula is C20H22N6O4S. The molecule has 0 saturated carbocycles. The van der Waals surface area contributed by atoms with Crippen LogP contribution in [0.15, 0.2) is 36.1 Å². The van der Waals surface area contributed by atoms with Crippen LogP contribution in [0.3, 0.4) is 0 Å². The lowest BCUT2D eigenvalue weighted by molar-refractivity contribution is -0.133. The molecule has 2 unspecified atom stereocenters. The zero-order valence-electron chi connectivity index (χ0n) is 16.7. The molecule has 4 amide bonds. The van der Waals surface area contributed by atoms with Crippen LogP contribution in [-0.2, 0) is 9.59 Å². The van der Waals surface area contributed by atoms with E-state index in [-0.39, 0.29) is 43.0 Å². The number of piperazine rings is 1. The van der Waals surface area contributed by atoms with Gasteiger partial charge >= 0.3 is 0 Å². The lowest BCUT2D eigenvalue weighted by atomic mass is 10.0. The maximum atomic E-state index is 13.2. The predicted molar refractivity (Wildman–Crippen MR) is 111 cm³/mol. The molecule has 2 aliphatic heterocycles. The summed E-state index contributed by atoms with van der Waals surface area (Å²) >= 11 is 1.29. The van der Waals surface area contributed by atoms with Gasteiger partial charge in [0.05, 0.1) is 17.6 Å². The molecule has 2 N–H and O–H groups in total. The first-order valence-corrected chi connectivity index (χ1v) is 10.9. The molecule has 10 nitrogen and oxygen atoms in total. The molecule has 0 radical (unpaired) electrons. The monoisotopic (exact) mass is 442 g/mol. The van der Waals surface area contributed by atoms with E-state index in [4.69, 9.17) is 0 Å². The minimum Gasteiger partial charge on any atom is -0.354 e. The topological polar surface area (TPSA) is 125 Å². The summed E-state index contributed by atoms with van der Waals surface area (Å²) in [7, 11) is 0. The zero-order valence-corrected chi connectivity index (χ0v) is 17.5. The lowest BCUT2D eigenvalue weighted by Crippen LogP contribution is -2.63. The van der Waals surface area contributed by atoms with Gasteiger partial charge in [-0.3, -0.25) is 24.2 Å². The number of piperidine rings is 1. The third-order valence-electron chi connectivity index (χ3n) is 5.35. The minimum atomic E-state index is -0.918. The van der Waals surface area contributed by atoms with E-state index in [9.17, 15) is 19.2 Å².